The van der Waals surface area contributed by atoms with Crippen molar-refractivity contribution in [2.45, 2.75) is 19.4 Å². The monoisotopic (exact) mass is 161 g/mol. The van der Waals surface area contributed by atoms with Gasteiger partial charge in [0.25, 0.3) is 0 Å². The summed E-state index contributed by atoms with van der Waals surface area (Å²) in [6, 6.07) is -1.05. The Labute approximate surface area is 64.1 Å². The Morgan fingerprint density at radius 2 is 2.18 bits per heavy atom. The van der Waals surface area contributed by atoms with Crippen LogP contribution < -0.4 is 5.73 Å². The number of aliphatic carboxylic acids is 1. The Hall–Kier alpha value is -1.10. The van der Waals surface area contributed by atoms with Crippen LogP contribution in [-0.2, 0) is 14.3 Å². The molecule has 0 aromatic rings. The molecule has 64 valence electrons. The maximum atomic E-state index is 10.7. The standard InChI is InChI=1S/C6H11NO4/c1-2-11-6(10)4(7)3-5(8)9/h4H,2-3,7H2,1H3,(H,8,9)/t4-/m0/s1. The average Bonchev–Trinajstić information content (AvgIpc) is 1.86. The molecule has 0 bridgehead atoms. The van der Waals surface area contributed by atoms with E-state index < -0.39 is 24.4 Å². The van der Waals surface area contributed by atoms with E-state index in [1.54, 1.807) is 6.92 Å². The predicted molar refractivity (Wildman–Crippen MR) is 36.9 cm³/mol. The van der Waals surface area contributed by atoms with E-state index >= 15 is 0 Å². The molecule has 0 aliphatic carbocycles. The molecule has 0 aliphatic rings. The number of ether oxygens (including phenoxy) is 1. The summed E-state index contributed by atoms with van der Waals surface area (Å²) in [5.74, 6) is -1.78. The van der Waals surface area contributed by atoms with Crippen molar-refractivity contribution in [1.29, 1.82) is 0 Å². The zero-order valence-corrected chi connectivity index (χ0v) is 6.24. The number of esters is 1. The second-order valence-electron chi connectivity index (χ2n) is 1.96. The maximum absolute atomic E-state index is 10.7. The highest BCUT2D eigenvalue weighted by Crippen LogP contribution is 1.91. The number of hydrogen-bond acceptors (Lipinski definition) is 4. The lowest BCUT2D eigenvalue weighted by molar-refractivity contribution is -0.149. The molecule has 0 fully saturated rings. The number of carboxylic acid groups (broad SMARTS) is 1. The van der Waals surface area contributed by atoms with Crippen molar-refractivity contribution >= 4 is 11.9 Å². The van der Waals surface area contributed by atoms with Crippen LogP contribution in [0.25, 0.3) is 0 Å². The molecule has 5 nitrogen and oxygen atoms in total. The van der Waals surface area contributed by atoms with Gasteiger partial charge < -0.3 is 15.6 Å². The van der Waals surface area contributed by atoms with Gasteiger partial charge in [-0.3, -0.25) is 9.59 Å². The fraction of sp³-hybridized carbons (Fsp3) is 0.667. The van der Waals surface area contributed by atoms with Gasteiger partial charge in [0.2, 0.25) is 0 Å². The Bertz CT molecular complexity index is 157. The van der Waals surface area contributed by atoms with E-state index in [1.807, 2.05) is 0 Å². The molecule has 3 N–H and O–H groups in total. The van der Waals surface area contributed by atoms with Gasteiger partial charge in [0.05, 0.1) is 13.0 Å². The van der Waals surface area contributed by atoms with Gasteiger partial charge in [0, 0.05) is 0 Å². The van der Waals surface area contributed by atoms with Crippen molar-refractivity contribution in [3.63, 3.8) is 0 Å². The lowest BCUT2D eigenvalue weighted by Crippen LogP contribution is -2.34. The summed E-state index contributed by atoms with van der Waals surface area (Å²) in [6.07, 6.45) is -0.390. The van der Waals surface area contributed by atoms with Crippen LogP contribution in [0.3, 0.4) is 0 Å². The van der Waals surface area contributed by atoms with Crippen LogP contribution in [0.5, 0.6) is 0 Å². The molecule has 0 aliphatic heterocycles. The molecule has 1 atom stereocenters. The number of carbonyl (C=O) groups excluding carboxylic acids is 1. The van der Waals surface area contributed by atoms with Crippen molar-refractivity contribution in [1.82, 2.24) is 0 Å². The molecule has 0 aromatic carbocycles. The number of carbonyl (C=O) groups is 2. The minimum Gasteiger partial charge on any atom is -0.481 e. The number of carboxylic acids is 1. The molecule has 0 radical (unpaired) electrons. The molecule has 0 spiro atoms. The summed E-state index contributed by atoms with van der Waals surface area (Å²) in [7, 11) is 0. The van der Waals surface area contributed by atoms with Gasteiger partial charge >= 0.3 is 11.9 Å². The molecule has 5 heteroatoms. The molecule has 0 unspecified atom stereocenters. The van der Waals surface area contributed by atoms with E-state index in [1.165, 1.54) is 0 Å². The molecule has 11 heavy (non-hydrogen) atoms. The van der Waals surface area contributed by atoms with Crippen LogP contribution in [0.15, 0.2) is 0 Å². The predicted octanol–water partition coefficient (Wildman–Crippen LogP) is -0.648. The van der Waals surface area contributed by atoms with Crippen LogP contribution >= 0.6 is 0 Å². The Morgan fingerprint density at radius 1 is 1.64 bits per heavy atom. The van der Waals surface area contributed by atoms with Crippen molar-refractivity contribution < 1.29 is 19.4 Å². The molecule has 0 rings (SSSR count). The van der Waals surface area contributed by atoms with Crippen LogP contribution in [0.1, 0.15) is 13.3 Å². The van der Waals surface area contributed by atoms with Gasteiger partial charge in [-0.05, 0) is 6.92 Å². The minimum atomic E-state index is -1.11. The largest absolute Gasteiger partial charge is 0.481 e. The van der Waals surface area contributed by atoms with Crippen molar-refractivity contribution in [3.05, 3.63) is 0 Å². The minimum absolute atomic E-state index is 0.214. The van der Waals surface area contributed by atoms with Gasteiger partial charge in [-0.2, -0.15) is 0 Å². The van der Waals surface area contributed by atoms with Gasteiger partial charge in [-0.15, -0.1) is 0 Å². The lowest BCUT2D eigenvalue weighted by Gasteiger charge is -2.06. The topological polar surface area (TPSA) is 89.6 Å². The van der Waals surface area contributed by atoms with Gasteiger partial charge in [-0.1, -0.05) is 0 Å². The summed E-state index contributed by atoms with van der Waals surface area (Å²) in [5.41, 5.74) is 5.15. The molecule has 0 amide bonds. The van der Waals surface area contributed by atoms with Crippen LogP contribution in [-0.4, -0.2) is 29.7 Å². The van der Waals surface area contributed by atoms with Gasteiger partial charge in [-0.25, -0.2) is 0 Å². The van der Waals surface area contributed by atoms with Gasteiger partial charge in [0.15, 0.2) is 0 Å². The molecule has 0 saturated carbocycles. The average molecular weight is 161 g/mol. The van der Waals surface area contributed by atoms with E-state index in [9.17, 15) is 9.59 Å². The number of hydrogen-bond donors (Lipinski definition) is 2. The first-order valence-electron chi connectivity index (χ1n) is 3.22. The van der Waals surface area contributed by atoms with Crippen LogP contribution in [0.4, 0.5) is 0 Å². The summed E-state index contributed by atoms with van der Waals surface area (Å²) < 4.78 is 4.48. The smallest absolute Gasteiger partial charge is 0.323 e. The summed E-state index contributed by atoms with van der Waals surface area (Å²) in [5, 5.41) is 8.21. The van der Waals surface area contributed by atoms with Crippen molar-refractivity contribution in [2.24, 2.45) is 5.73 Å². The van der Waals surface area contributed by atoms with Gasteiger partial charge in [0.1, 0.15) is 6.04 Å². The molecular weight excluding hydrogens is 150 g/mol. The van der Waals surface area contributed by atoms with Crippen LogP contribution in [0.2, 0.25) is 0 Å². The number of rotatable bonds is 4. The first kappa shape index (κ1) is 9.90. The Morgan fingerprint density at radius 3 is 2.55 bits per heavy atom. The summed E-state index contributed by atoms with van der Waals surface area (Å²) in [6.45, 7) is 1.84. The molecule has 0 heterocycles. The van der Waals surface area contributed by atoms with Crippen molar-refractivity contribution in [2.75, 3.05) is 6.61 Å². The third-order valence-corrected chi connectivity index (χ3v) is 0.984. The van der Waals surface area contributed by atoms with E-state index in [2.05, 4.69) is 4.74 Å². The highest BCUT2D eigenvalue weighted by Gasteiger charge is 2.17. The fourth-order valence-corrected chi connectivity index (χ4v) is 0.521. The highest BCUT2D eigenvalue weighted by molar-refractivity contribution is 5.81. The SMILES string of the molecule is CCOC(=O)[C@@H](N)CC(=O)O. The van der Waals surface area contributed by atoms with Crippen molar-refractivity contribution in [3.8, 4) is 0 Å². The first-order valence-corrected chi connectivity index (χ1v) is 3.22. The second-order valence-corrected chi connectivity index (χ2v) is 1.96. The summed E-state index contributed by atoms with van der Waals surface area (Å²) >= 11 is 0. The third kappa shape index (κ3) is 4.32. The highest BCUT2D eigenvalue weighted by atomic mass is 16.5. The van der Waals surface area contributed by atoms with Crippen LogP contribution in [0, 0.1) is 0 Å². The van der Waals surface area contributed by atoms with E-state index in [0.29, 0.717) is 0 Å². The van der Waals surface area contributed by atoms with E-state index in [-0.39, 0.29) is 6.61 Å². The zero-order chi connectivity index (χ0) is 8.85. The lowest BCUT2D eigenvalue weighted by atomic mass is 10.2. The maximum Gasteiger partial charge on any atom is 0.323 e. The quantitative estimate of drug-likeness (QED) is 0.535. The Balaban J connectivity index is 3.73. The molecule has 0 aromatic heterocycles. The third-order valence-electron chi connectivity index (χ3n) is 0.984. The zero-order valence-electron chi connectivity index (χ0n) is 6.24. The fourth-order valence-electron chi connectivity index (χ4n) is 0.521. The molecular formula is C6H11NO4. The van der Waals surface area contributed by atoms with E-state index in [0.717, 1.165) is 0 Å². The van der Waals surface area contributed by atoms with E-state index in [4.69, 9.17) is 10.8 Å². The second kappa shape index (κ2) is 4.68. The first-order chi connectivity index (χ1) is 5.07. The number of nitrogens with two attached hydrogens (primary N) is 1. The molecule has 0 saturated heterocycles. The Kier molecular flexibility index (Phi) is 4.21. The normalized spacial score (nSPS) is 12.2. The summed E-state index contributed by atoms with van der Waals surface area (Å²) in [4.78, 5) is 20.7.